The number of alkyl carbamates (subject to hydrolysis) is 1. The Morgan fingerprint density at radius 3 is 2.44 bits per heavy atom. The van der Waals surface area contributed by atoms with Crippen LogP contribution in [-0.2, 0) is 11.3 Å². The van der Waals surface area contributed by atoms with Gasteiger partial charge in [-0.3, -0.25) is 9.78 Å². The van der Waals surface area contributed by atoms with Crippen LogP contribution in [0.3, 0.4) is 0 Å². The van der Waals surface area contributed by atoms with Crippen LogP contribution in [0.2, 0.25) is 10.0 Å². The number of amides is 2. The highest BCUT2D eigenvalue weighted by Gasteiger charge is 2.29. The normalized spacial score (nSPS) is 14.4. The van der Waals surface area contributed by atoms with Crippen molar-refractivity contribution in [3.05, 3.63) is 57.7 Å². The maximum Gasteiger partial charge on any atom is 0.408 e. The van der Waals surface area contributed by atoms with E-state index in [1.807, 2.05) is 20.8 Å². The molecule has 1 aromatic carbocycles. The van der Waals surface area contributed by atoms with Gasteiger partial charge in [0.2, 0.25) is 5.89 Å². The first-order valence-corrected chi connectivity index (χ1v) is 14.1. The van der Waals surface area contributed by atoms with Crippen LogP contribution < -0.4 is 20.1 Å². The van der Waals surface area contributed by atoms with E-state index in [9.17, 15) is 9.59 Å². The first-order chi connectivity index (χ1) is 19.4. The van der Waals surface area contributed by atoms with Gasteiger partial charge in [0.25, 0.3) is 5.91 Å². The maximum absolute atomic E-state index is 13.4. The van der Waals surface area contributed by atoms with E-state index in [1.54, 1.807) is 32.2 Å². The van der Waals surface area contributed by atoms with Crippen molar-refractivity contribution in [2.24, 2.45) is 0 Å². The van der Waals surface area contributed by atoms with Gasteiger partial charge in [0, 0.05) is 35.6 Å². The summed E-state index contributed by atoms with van der Waals surface area (Å²) in [4.78, 5) is 34.3. The number of oxazole rings is 1. The molecule has 1 aliphatic rings. The van der Waals surface area contributed by atoms with Gasteiger partial charge in [-0.05, 0) is 71.6 Å². The van der Waals surface area contributed by atoms with E-state index in [-0.39, 0.29) is 30.0 Å². The topological polar surface area (TPSA) is 125 Å². The molecule has 12 heteroatoms. The number of carbonyl (C=O) groups excluding carboxylic acids is 2. The molecule has 0 aliphatic heterocycles. The van der Waals surface area contributed by atoms with Crippen molar-refractivity contribution in [2.75, 3.05) is 7.11 Å². The van der Waals surface area contributed by atoms with Crippen LogP contribution in [0.5, 0.6) is 11.5 Å². The van der Waals surface area contributed by atoms with E-state index in [0.717, 1.165) is 25.7 Å². The number of nitrogens with one attached hydrogen (secondary N) is 2. The molecule has 4 rings (SSSR count). The molecule has 0 unspecified atom stereocenters. The van der Waals surface area contributed by atoms with Gasteiger partial charge in [0.15, 0.2) is 29.1 Å². The molecular weight excluding hydrogens is 571 g/mol. The fraction of sp³-hybridized carbons (Fsp3) is 0.448. The zero-order chi connectivity index (χ0) is 29.7. The molecule has 10 nitrogen and oxygen atoms in total. The van der Waals surface area contributed by atoms with Gasteiger partial charge in [0.1, 0.15) is 0 Å². The minimum absolute atomic E-state index is 0.0162. The molecule has 0 radical (unpaired) electrons. The third-order valence-corrected chi connectivity index (χ3v) is 7.03. The average molecular weight is 606 g/mol. The van der Waals surface area contributed by atoms with Crippen molar-refractivity contribution in [3.8, 4) is 23.0 Å². The first kappa shape index (κ1) is 30.5. The Morgan fingerprint density at radius 2 is 1.80 bits per heavy atom. The standard InChI is InChI=1S/C29H34Cl2N4O6/c1-16(39-28(37)35-29(2,3)4)25-24(26(36)33-13-19-20(30)14-32-15-21(19)31)34-27(41-25)17-10-11-22(38-5)23(12-17)40-18-8-6-7-9-18/h10-12,14-16,18H,6-9,13H2,1-5H3,(H,33,36)(H,35,37)/t16-/m0/s1. The van der Waals surface area contributed by atoms with Crippen LogP contribution in [0.15, 0.2) is 35.0 Å². The van der Waals surface area contributed by atoms with E-state index < -0.39 is 23.6 Å². The van der Waals surface area contributed by atoms with Crippen LogP contribution in [0.4, 0.5) is 4.79 Å². The summed E-state index contributed by atoms with van der Waals surface area (Å²) in [6.07, 6.45) is 5.54. The molecule has 1 saturated carbocycles. The molecule has 1 aliphatic carbocycles. The Bertz CT molecular complexity index is 1380. The molecule has 1 atom stereocenters. The Hall–Kier alpha value is -3.50. The highest BCUT2D eigenvalue weighted by Crippen LogP contribution is 2.37. The van der Waals surface area contributed by atoms with Crippen LogP contribution in [-0.4, -0.2) is 40.7 Å². The van der Waals surface area contributed by atoms with Gasteiger partial charge in [-0.15, -0.1) is 0 Å². The highest BCUT2D eigenvalue weighted by atomic mass is 35.5. The molecule has 2 aromatic heterocycles. The number of ether oxygens (including phenoxy) is 3. The summed E-state index contributed by atoms with van der Waals surface area (Å²) in [5, 5.41) is 6.11. The second-order valence-electron chi connectivity index (χ2n) is 10.8. The van der Waals surface area contributed by atoms with Crippen molar-refractivity contribution in [2.45, 2.75) is 77.7 Å². The lowest BCUT2D eigenvalue weighted by atomic mass is 10.1. The fourth-order valence-electron chi connectivity index (χ4n) is 4.39. The number of rotatable bonds is 9. The summed E-state index contributed by atoms with van der Waals surface area (Å²) in [7, 11) is 1.57. The number of halogens is 2. The minimum atomic E-state index is -0.945. The number of hydrogen-bond acceptors (Lipinski definition) is 8. The summed E-state index contributed by atoms with van der Waals surface area (Å²) >= 11 is 12.4. The molecular formula is C29H34Cl2N4O6. The van der Waals surface area contributed by atoms with Crippen LogP contribution >= 0.6 is 23.2 Å². The number of aromatic nitrogens is 2. The van der Waals surface area contributed by atoms with Crippen molar-refractivity contribution in [1.29, 1.82) is 0 Å². The van der Waals surface area contributed by atoms with E-state index >= 15 is 0 Å². The predicted molar refractivity (Wildman–Crippen MR) is 155 cm³/mol. The lowest BCUT2D eigenvalue weighted by molar-refractivity contribution is 0.0841. The molecule has 2 amide bonds. The number of pyridine rings is 1. The molecule has 1 fully saturated rings. The SMILES string of the molecule is COc1ccc(-c2nc(C(=O)NCc3c(Cl)cncc3Cl)c([C@H](C)OC(=O)NC(C)(C)C)o2)cc1OC1CCCC1. The van der Waals surface area contributed by atoms with Gasteiger partial charge >= 0.3 is 6.09 Å². The summed E-state index contributed by atoms with van der Waals surface area (Å²) in [5.41, 5.74) is 0.489. The Balaban J connectivity index is 1.65. The molecule has 0 bridgehead atoms. The molecule has 2 N–H and O–H groups in total. The zero-order valence-electron chi connectivity index (χ0n) is 23.7. The Morgan fingerprint density at radius 1 is 1.12 bits per heavy atom. The van der Waals surface area contributed by atoms with Gasteiger partial charge in [-0.2, -0.15) is 0 Å². The summed E-state index contributed by atoms with van der Waals surface area (Å²) in [5.74, 6) is 0.783. The van der Waals surface area contributed by atoms with Crippen LogP contribution in [0.1, 0.15) is 81.3 Å². The third kappa shape index (κ3) is 7.83. The third-order valence-electron chi connectivity index (χ3n) is 6.38. The monoisotopic (exact) mass is 604 g/mol. The molecule has 2 heterocycles. The molecule has 0 spiro atoms. The Labute approximate surface area is 249 Å². The van der Waals surface area contributed by atoms with Crippen LogP contribution in [0, 0.1) is 0 Å². The second-order valence-corrected chi connectivity index (χ2v) is 11.6. The molecule has 0 saturated heterocycles. The quantitative estimate of drug-likeness (QED) is 0.270. The smallest absolute Gasteiger partial charge is 0.408 e. The van der Waals surface area contributed by atoms with Crippen molar-refractivity contribution in [3.63, 3.8) is 0 Å². The molecule has 3 aromatic rings. The maximum atomic E-state index is 13.4. The first-order valence-electron chi connectivity index (χ1n) is 13.4. The van der Waals surface area contributed by atoms with Gasteiger partial charge in [-0.1, -0.05) is 23.2 Å². The average Bonchev–Trinajstić information content (AvgIpc) is 3.57. The number of carbonyl (C=O) groups is 2. The van der Waals surface area contributed by atoms with Gasteiger partial charge in [-0.25, -0.2) is 9.78 Å². The van der Waals surface area contributed by atoms with Crippen molar-refractivity contribution >= 4 is 35.2 Å². The summed E-state index contributed by atoms with van der Waals surface area (Å²) < 4.78 is 23.3. The molecule has 41 heavy (non-hydrogen) atoms. The highest BCUT2D eigenvalue weighted by molar-refractivity contribution is 6.35. The zero-order valence-corrected chi connectivity index (χ0v) is 25.2. The number of methoxy groups -OCH3 is 1. The Kier molecular flexibility index (Phi) is 9.65. The summed E-state index contributed by atoms with van der Waals surface area (Å²) in [6.45, 7) is 7.10. The van der Waals surface area contributed by atoms with E-state index in [4.69, 9.17) is 41.8 Å². The number of nitrogens with zero attached hydrogens (tertiary/aromatic N) is 2. The van der Waals surface area contributed by atoms with Crippen molar-refractivity contribution in [1.82, 2.24) is 20.6 Å². The largest absolute Gasteiger partial charge is 0.493 e. The lowest BCUT2D eigenvalue weighted by Gasteiger charge is -2.21. The molecule has 220 valence electrons. The van der Waals surface area contributed by atoms with E-state index in [2.05, 4.69) is 20.6 Å². The second kappa shape index (κ2) is 13.0. The lowest BCUT2D eigenvalue weighted by Crippen LogP contribution is -2.41. The van der Waals surface area contributed by atoms with E-state index in [1.165, 1.54) is 12.4 Å². The van der Waals surface area contributed by atoms with Gasteiger partial charge in [0.05, 0.1) is 23.3 Å². The minimum Gasteiger partial charge on any atom is -0.493 e. The fourth-order valence-corrected chi connectivity index (χ4v) is 4.89. The van der Waals surface area contributed by atoms with Gasteiger partial charge < -0.3 is 29.3 Å². The number of benzene rings is 1. The number of hydrogen-bond donors (Lipinski definition) is 2. The van der Waals surface area contributed by atoms with E-state index in [0.29, 0.717) is 32.7 Å². The summed E-state index contributed by atoms with van der Waals surface area (Å²) in [6, 6.07) is 5.28. The van der Waals surface area contributed by atoms with Crippen LogP contribution in [0.25, 0.3) is 11.5 Å². The predicted octanol–water partition coefficient (Wildman–Crippen LogP) is 6.89. The van der Waals surface area contributed by atoms with Crippen molar-refractivity contribution < 1.29 is 28.2 Å².